The van der Waals surface area contributed by atoms with E-state index < -0.39 is 5.92 Å². The van der Waals surface area contributed by atoms with Crippen molar-refractivity contribution in [3.63, 3.8) is 0 Å². The molecule has 0 aliphatic rings. The third kappa shape index (κ3) is 2.28. The highest BCUT2D eigenvalue weighted by molar-refractivity contribution is 6.00. The topological polar surface area (TPSA) is 52.0 Å². The number of carbonyl (C=O) groups is 2. The Bertz CT molecular complexity index is 341. The van der Waals surface area contributed by atoms with Gasteiger partial charge in [0.25, 0.3) is 0 Å². The summed E-state index contributed by atoms with van der Waals surface area (Å²) in [6.45, 7) is 2.89. The molecule has 76 valence electrons. The summed E-state index contributed by atoms with van der Waals surface area (Å²) in [5, 5.41) is 0. The minimum atomic E-state index is -0.523. The fraction of sp³-hybridized carbons (Fsp3) is 0.500. The predicted molar refractivity (Wildman–Crippen MR) is 51.8 cm³/mol. The van der Waals surface area contributed by atoms with Crippen molar-refractivity contribution in [2.45, 2.75) is 20.3 Å². The third-order valence-corrected chi connectivity index (χ3v) is 2.31. The van der Waals surface area contributed by atoms with E-state index in [2.05, 4.69) is 4.98 Å². The summed E-state index contributed by atoms with van der Waals surface area (Å²) in [5.74, 6) is -0.692. The van der Waals surface area contributed by atoms with E-state index in [4.69, 9.17) is 0 Å². The Morgan fingerprint density at radius 2 is 2.00 bits per heavy atom. The zero-order chi connectivity index (χ0) is 10.7. The average Bonchev–Trinajstić information content (AvgIpc) is 2.46. The van der Waals surface area contributed by atoms with Gasteiger partial charge >= 0.3 is 0 Å². The van der Waals surface area contributed by atoms with Gasteiger partial charge in [0, 0.05) is 25.4 Å². The molecule has 14 heavy (non-hydrogen) atoms. The van der Waals surface area contributed by atoms with E-state index in [1.807, 2.05) is 11.6 Å². The van der Waals surface area contributed by atoms with Crippen molar-refractivity contribution in [3.8, 4) is 0 Å². The zero-order valence-corrected chi connectivity index (χ0v) is 8.65. The van der Waals surface area contributed by atoms with Gasteiger partial charge in [0.2, 0.25) is 0 Å². The molecule has 0 spiro atoms. The predicted octanol–water partition coefficient (Wildman–Crippen LogP) is 0.757. The Labute approximate surface area is 82.9 Å². The van der Waals surface area contributed by atoms with E-state index >= 15 is 0 Å². The molecule has 4 nitrogen and oxygen atoms in total. The molecule has 0 saturated heterocycles. The number of hydrogen-bond donors (Lipinski definition) is 0. The molecular formula is C10H14N2O2. The zero-order valence-electron chi connectivity index (χ0n) is 8.65. The van der Waals surface area contributed by atoms with Crippen molar-refractivity contribution in [2.75, 3.05) is 0 Å². The lowest BCUT2D eigenvalue weighted by Crippen LogP contribution is -2.22. The molecular weight excluding hydrogens is 180 g/mol. The number of hydrogen-bond acceptors (Lipinski definition) is 3. The highest BCUT2D eigenvalue weighted by Gasteiger charge is 2.20. The van der Waals surface area contributed by atoms with Crippen LogP contribution in [0.25, 0.3) is 0 Å². The molecule has 1 aromatic rings. The number of carbonyl (C=O) groups excluding carboxylic acids is 2. The van der Waals surface area contributed by atoms with Gasteiger partial charge in [-0.05, 0) is 13.8 Å². The van der Waals surface area contributed by atoms with Gasteiger partial charge in [-0.3, -0.25) is 9.59 Å². The Hall–Kier alpha value is -1.45. The van der Waals surface area contributed by atoms with E-state index in [1.54, 1.807) is 12.5 Å². The van der Waals surface area contributed by atoms with Crippen LogP contribution < -0.4 is 0 Å². The molecule has 0 saturated carbocycles. The first kappa shape index (κ1) is 10.6. The number of imidazole rings is 1. The van der Waals surface area contributed by atoms with Crippen molar-refractivity contribution in [1.82, 2.24) is 9.55 Å². The summed E-state index contributed by atoms with van der Waals surface area (Å²) < 4.78 is 1.82. The highest BCUT2D eigenvalue weighted by Crippen LogP contribution is 2.09. The number of ketones is 2. The number of rotatable bonds is 4. The number of nitrogens with zero attached hydrogens (tertiary/aromatic N) is 2. The fourth-order valence-electron chi connectivity index (χ4n) is 1.36. The quantitative estimate of drug-likeness (QED) is 0.665. The van der Waals surface area contributed by atoms with Crippen LogP contribution in [0.3, 0.4) is 0 Å². The van der Waals surface area contributed by atoms with Gasteiger partial charge in [-0.2, -0.15) is 0 Å². The average molecular weight is 194 g/mol. The van der Waals surface area contributed by atoms with Crippen molar-refractivity contribution in [2.24, 2.45) is 13.0 Å². The lowest BCUT2D eigenvalue weighted by atomic mass is 9.95. The van der Waals surface area contributed by atoms with E-state index in [0.717, 1.165) is 5.69 Å². The van der Waals surface area contributed by atoms with E-state index in [-0.39, 0.29) is 11.6 Å². The van der Waals surface area contributed by atoms with Crippen LogP contribution in [0.5, 0.6) is 0 Å². The maximum Gasteiger partial charge on any atom is 0.140 e. The van der Waals surface area contributed by atoms with E-state index in [1.165, 1.54) is 13.8 Å². The van der Waals surface area contributed by atoms with E-state index in [0.29, 0.717) is 6.42 Å². The van der Waals surface area contributed by atoms with Crippen LogP contribution in [0.4, 0.5) is 0 Å². The highest BCUT2D eigenvalue weighted by atomic mass is 16.1. The molecule has 1 aromatic heterocycles. The molecule has 0 radical (unpaired) electrons. The Kier molecular flexibility index (Phi) is 3.17. The van der Waals surface area contributed by atoms with Crippen LogP contribution in [0, 0.1) is 5.92 Å². The Morgan fingerprint density at radius 1 is 1.43 bits per heavy atom. The second kappa shape index (κ2) is 4.17. The normalized spacial score (nSPS) is 10.6. The smallest absolute Gasteiger partial charge is 0.140 e. The SMILES string of the molecule is CC(=O)C(Cc1cncn1C)C(C)=O. The summed E-state index contributed by atoms with van der Waals surface area (Å²) in [6.07, 6.45) is 3.78. The van der Waals surface area contributed by atoms with Crippen LogP contribution in [0.1, 0.15) is 19.5 Å². The molecule has 4 heteroatoms. The van der Waals surface area contributed by atoms with E-state index in [9.17, 15) is 9.59 Å². The lowest BCUT2D eigenvalue weighted by molar-refractivity contribution is -0.130. The van der Waals surface area contributed by atoms with Gasteiger partial charge in [0.15, 0.2) is 0 Å². The van der Waals surface area contributed by atoms with Gasteiger partial charge < -0.3 is 4.57 Å². The first-order chi connectivity index (χ1) is 6.52. The molecule has 0 fully saturated rings. The second-order valence-electron chi connectivity index (χ2n) is 3.47. The van der Waals surface area contributed by atoms with Crippen LogP contribution >= 0.6 is 0 Å². The Morgan fingerprint density at radius 3 is 2.36 bits per heavy atom. The van der Waals surface area contributed by atoms with Gasteiger partial charge in [0.1, 0.15) is 11.6 Å². The standard InChI is InChI=1S/C10H14N2O2/c1-7(13)10(8(2)14)4-9-5-11-6-12(9)3/h5-6,10H,4H2,1-3H3. The minimum Gasteiger partial charge on any atom is -0.338 e. The molecule has 1 heterocycles. The maximum absolute atomic E-state index is 11.2. The lowest BCUT2D eigenvalue weighted by Gasteiger charge is -2.09. The largest absolute Gasteiger partial charge is 0.338 e. The number of aromatic nitrogens is 2. The summed E-state index contributed by atoms with van der Waals surface area (Å²) in [4.78, 5) is 26.3. The van der Waals surface area contributed by atoms with Gasteiger partial charge in [-0.1, -0.05) is 0 Å². The maximum atomic E-state index is 11.2. The molecule has 0 atom stereocenters. The first-order valence-corrected chi connectivity index (χ1v) is 4.48. The van der Waals surface area contributed by atoms with Crippen LogP contribution in [-0.2, 0) is 23.1 Å². The molecule has 0 aliphatic carbocycles. The monoisotopic (exact) mass is 194 g/mol. The van der Waals surface area contributed by atoms with Gasteiger partial charge in [-0.25, -0.2) is 4.98 Å². The van der Waals surface area contributed by atoms with Gasteiger partial charge in [-0.15, -0.1) is 0 Å². The summed E-state index contributed by atoms with van der Waals surface area (Å²) in [5.41, 5.74) is 0.903. The summed E-state index contributed by atoms with van der Waals surface area (Å²) in [6, 6.07) is 0. The fourth-order valence-corrected chi connectivity index (χ4v) is 1.36. The van der Waals surface area contributed by atoms with Crippen LogP contribution in [0.15, 0.2) is 12.5 Å². The summed E-state index contributed by atoms with van der Waals surface area (Å²) >= 11 is 0. The third-order valence-electron chi connectivity index (χ3n) is 2.31. The van der Waals surface area contributed by atoms with Gasteiger partial charge in [0.05, 0.1) is 12.2 Å². The van der Waals surface area contributed by atoms with Crippen molar-refractivity contribution >= 4 is 11.6 Å². The van der Waals surface area contributed by atoms with Crippen LogP contribution in [-0.4, -0.2) is 21.1 Å². The van der Waals surface area contributed by atoms with Crippen molar-refractivity contribution in [1.29, 1.82) is 0 Å². The molecule has 1 rings (SSSR count). The summed E-state index contributed by atoms with van der Waals surface area (Å²) in [7, 11) is 1.85. The van der Waals surface area contributed by atoms with Crippen molar-refractivity contribution in [3.05, 3.63) is 18.2 Å². The Balaban J connectivity index is 2.80. The number of Topliss-reactive ketones (excluding diaryl/α,β-unsaturated/α-hetero) is 2. The first-order valence-electron chi connectivity index (χ1n) is 4.48. The second-order valence-corrected chi connectivity index (χ2v) is 3.47. The minimum absolute atomic E-state index is 0.0845. The molecule has 0 bridgehead atoms. The molecule has 0 N–H and O–H groups in total. The number of aryl methyl sites for hydroxylation is 1. The molecule has 0 aromatic carbocycles. The molecule has 0 unspecified atom stereocenters. The molecule has 0 aliphatic heterocycles. The van der Waals surface area contributed by atoms with Crippen LogP contribution in [0.2, 0.25) is 0 Å². The molecule has 0 amide bonds. The van der Waals surface area contributed by atoms with Crippen molar-refractivity contribution < 1.29 is 9.59 Å².